The van der Waals surface area contributed by atoms with E-state index in [9.17, 15) is 9.59 Å². The Balaban J connectivity index is 2.34. The molecule has 1 aliphatic rings. The molecule has 0 spiro atoms. The maximum Gasteiger partial charge on any atom is 0.333 e. The summed E-state index contributed by atoms with van der Waals surface area (Å²) in [5.41, 5.74) is -0.181. The normalized spacial score (nSPS) is 17.1. The number of hydrogen-bond donors (Lipinski definition) is 0. The summed E-state index contributed by atoms with van der Waals surface area (Å²) < 4.78 is 7.85. The van der Waals surface area contributed by atoms with E-state index >= 15 is 0 Å². The number of thiophene rings is 1. The second kappa shape index (κ2) is 4.24. The van der Waals surface area contributed by atoms with Crippen LogP contribution in [0.1, 0.15) is 16.4 Å². The second-order valence-electron chi connectivity index (χ2n) is 4.36. The topological polar surface area (TPSA) is 53.2 Å². The largest absolute Gasteiger partial charge is 0.448 e. The van der Waals surface area contributed by atoms with Crippen LogP contribution in [0.4, 0.5) is 0 Å². The van der Waals surface area contributed by atoms with Gasteiger partial charge < -0.3 is 4.74 Å². The van der Waals surface area contributed by atoms with E-state index in [0.29, 0.717) is 11.4 Å². The van der Waals surface area contributed by atoms with Crippen LogP contribution < -0.4 is 16.0 Å². The highest BCUT2D eigenvalue weighted by atomic mass is 32.1. The standard InChI is InChI=1S/C13H12N2O3S/c1-14-11(16)10-8(9-4-3-7-19-9)5-6-18-12(10)15(2)13(14)17/h3-8H,1-2H3. The fraction of sp³-hybridized carbons (Fsp3) is 0.231. The van der Waals surface area contributed by atoms with Crippen molar-refractivity contribution in [2.24, 2.45) is 14.1 Å². The molecule has 2 aromatic heterocycles. The first-order valence-electron chi connectivity index (χ1n) is 5.78. The van der Waals surface area contributed by atoms with Crippen LogP contribution in [0.15, 0.2) is 39.4 Å². The van der Waals surface area contributed by atoms with Gasteiger partial charge in [0.15, 0.2) is 0 Å². The number of fused-ring (bicyclic) bond motifs is 1. The summed E-state index contributed by atoms with van der Waals surface area (Å²) in [4.78, 5) is 25.3. The second-order valence-corrected chi connectivity index (χ2v) is 5.34. The predicted molar refractivity (Wildman–Crippen MR) is 72.9 cm³/mol. The molecule has 3 rings (SSSR count). The highest BCUT2D eigenvalue weighted by Gasteiger charge is 2.27. The van der Waals surface area contributed by atoms with E-state index in [2.05, 4.69) is 0 Å². The average molecular weight is 276 g/mol. The van der Waals surface area contributed by atoms with Crippen molar-refractivity contribution in [1.82, 2.24) is 9.13 Å². The molecule has 0 aliphatic carbocycles. The van der Waals surface area contributed by atoms with Gasteiger partial charge in [-0.2, -0.15) is 0 Å². The molecule has 1 atom stereocenters. The Labute approximate surface area is 113 Å². The van der Waals surface area contributed by atoms with Gasteiger partial charge in [-0.15, -0.1) is 11.3 Å². The lowest BCUT2D eigenvalue weighted by molar-refractivity contribution is 0.400. The third-order valence-electron chi connectivity index (χ3n) is 3.26. The molecule has 0 bridgehead atoms. The van der Waals surface area contributed by atoms with Crippen LogP contribution in [0.2, 0.25) is 0 Å². The zero-order chi connectivity index (χ0) is 13.6. The van der Waals surface area contributed by atoms with Crippen molar-refractivity contribution in [2.75, 3.05) is 0 Å². The Morgan fingerprint density at radius 2 is 2.05 bits per heavy atom. The van der Waals surface area contributed by atoms with Gasteiger partial charge in [0.2, 0.25) is 5.88 Å². The quantitative estimate of drug-likeness (QED) is 0.786. The van der Waals surface area contributed by atoms with Gasteiger partial charge >= 0.3 is 5.69 Å². The fourth-order valence-corrected chi connectivity index (χ4v) is 3.06. The van der Waals surface area contributed by atoms with E-state index < -0.39 is 0 Å². The predicted octanol–water partition coefficient (Wildman–Crippen LogP) is 1.18. The third-order valence-corrected chi connectivity index (χ3v) is 4.21. The Morgan fingerprint density at radius 3 is 2.74 bits per heavy atom. The summed E-state index contributed by atoms with van der Waals surface area (Å²) in [6, 6.07) is 3.91. The number of allylic oxidation sites excluding steroid dienone is 1. The van der Waals surface area contributed by atoms with Crippen molar-refractivity contribution < 1.29 is 4.74 Å². The summed E-state index contributed by atoms with van der Waals surface area (Å²) >= 11 is 1.58. The van der Waals surface area contributed by atoms with Crippen molar-refractivity contribution in [3.8, 4) is 5.88 Å². The van der Waals surface area contributed by atoms with Crippen LogP contribution in [-0.4, -0.2) is 9.13 Å². The molecule has 0 saturated heterocycles. The molecular formula is C13H12N2O3S. The van der Waals surface area contributed by atoms with Gasteiger partial charge in [0, 0.05) is 19.0 Å². The van der Waals surface area contributed by atoms with E-state index in [1.807, 2.05) is 23.6 Å². The Hall–Kier alpha value is -2.08. The van der Waals surface area contributed by atoms with Gasteiger partial charge in [0.05, 0.1) is 17.7 Å². The Morgan fingerprint density at radius 1 is 1.26 bits per heavy atom. The van der Waals surface area contributed by atoms with Crippen LogP contribution in [-0.2, 0) is 14.1 Å². The first kappa shape index (κ1) is 12.0. The van der Waals surface area contributed by atoms with E-state index in [-0.39, 0.29) is 17.2 Å². The van der Waals surface area contributed by atoms with Crippen LogP contribution in [0, 0.1) is 0 Å². The number of nitrogens with zero attached hydrogens (tertiary/aromatic N) is 2. The molecule has 0 aromatic carbocycles. The highest BCUT2D eigenvalue weighted by molar-refractivity contribution is 7.10. The molecule has 98 valence electrons. The third kappa shape index (κ3) is 1.67. The van der Waals surface area contributed by atoms with Crippen LogP contribution in [0.25, 0.3) is 0 Å². The molecule has 6 heteroatoms. The minimum atomic E-state index is -0.385. The maximum atomic E-state index is 12.3. The van der Waals surface area contributed by atoms with E-state index in [4.69, 9.17) is 4.74 Å². The first-order valence-corrected chi connectivity index (χ1v) is 6.66. The summed E-state index contributed by atoms with van der Waals surface area (Å²) in [5, 5.41) is 1.96. The summed E-state index contributed by atoms with van der Waals surface area (Å²) in [6.07, 6.45) is 3.37. The Bertz CT molecular complexity index is 768. The van der Waals surface area contributed by atoms with Gasteiger partial charge in [0.25, 0.3) is 5.56 Å². The van der Waals surface area contributed by atoms with E-state index in [1.165, 1.54) is 17.9 Å². The van der Waals surface area contributed by atoms with Crippen LogP contribution in [0.3, 0.4) is 0 Å². The lowest BCUT2D eigenvalue weighted by Gasteiger charge is -2.21. The van der Waals surface area contributed by atoms with Gasteiger partial charge in [-0.05, 0) is 17.5 Å². The number of hydrogen-bond acceptors (Lipinski definition) is 4. The molecule has 3 heterocycles. The lowest BCUT2D eigenvalue weighted by Crippen LogP contribution is -2.40. The molecule has 0 amide bonds. The molecule has 0 fully saturated rings. The van der Waals surface area contributed by atoms with Gasteiger partial charge in [-0.1, -0.05) is 6.07 Å². The molecule has 19 heavy (non-hydrogen) atoms. The first-order chi connectivity index (χ1) is 9.11. The SMILES string of the molecule is Cn1c2c(c(=O)n(C)c1=O)C(c1cccs1)C=CO2. The maximum absolute atomic E-state index is 12.3. The minimum Gasteiger partial charge on any atom is -0.448 e. The monoisotopic (exact) mass is 276 g/mol. The average Bonchev–Trinajstić information content (AvgIpc) is 2.96. The molecule has 0 radical (unpaired) electrons. The molecule has 0 saturated carbocycles. The van der Waals surface area contributed by atoms with Gasteiger partial charge in [-0.3, -0.25) is 13.9 Å². The van der Waals surface area contributed by atoms with Crippen molar-refractivity contribution >= 4 is 11.3 Å². The number of ether oxygens (including phenoxy) is 1. The van der Waals surface area contributed by atoms with Crippen LogP contribution >= 0.6 is 11.3 Å². The van der Waals surface area contributed by atoms with Crippen molar-refractivity contribution in [1.29, 1.82) is 0 Å². The van der Waals surface area contributed by atoms with Gasteiger partial charge in [0.1, 0.15) is 0 Å². The summed E-state index contributed by atoms with van der Waals surface area (Å²) in [6.45, 7) is 0. The molecule has 5 nitrogen and oxygen atoms in total. The zero-order valence-electron chi connectivity index (χ0n) is 10.5. The fourth-order valence-electron chi connectivity index (χ4n) is 2.24. The number of rotatable bonds is 1. The molecule has 1 unspecified atom stereocenters. The molecule has 2 aromatic rings. The smallest absolute Gasteiger partial charge is 0.333 e. The van der Waals surface area contributed by atoms with Crippen LogP contribution in [0.5, 0.6) is 5.88 Å². The minimum absolute atomic E-state index is 0.158. The summed E-state index contributed by atoms with van der Waals surface area (Å²) in [7, 11) is 3.08. The van der Waals surface area contributed by atoms with Crippen molar-refractivity contribution in [3.63, 3.8) is 0 Å². The Kier molecular flexibility index (Phi) is 2.67. The van der Waals surface area contributed by atoms with E-state index in [1.54, 1.807) is 18.4 Å². The molecule has 0 N–H and O–H groups in total. The zero-order valence-corrected chi connectivity index (χ0v) is 11.3. The van der Waals surface area contributed by atoms with Crippen molar-refractivity contribution in [2.45, 2.75) is 5.92 Å². The highest BCUT2D eigenvalue weighted by Crippen LogP contribution is 2.34. The summed E-state index contributed by atoms with van der Waals surface area (Å²) in [5.74, 6) is 0.170. The number of aromatic nitrogens is 2. The molecular weight excluding hydrogens is 264 g/mol. The lowest BCUT2D eigenvalue weighted by atomic mass is 9.98. The molecule has 1 aliphatic heterocycles. The van der Waals surface area contributed by atoms with Crippen molar-refractivity contribution in [3.05, 3.63) is 61.1 Å². The van der Waals surface area contributed by atoms with Gasteiger partial charge in [-0.25, -0.2) is 4.79 Å². The van der Waals surface area contributed by atoms with E-state index in [0.717, 1.165) is 9.44 Å².